The van der Waals surface area contributed by atoms with Crippen molar-refractivity contribution in [3.63, 3.8) is 0 Å². The van der Waals surface area contributed by atoms with Gasteiger partial charge in [0.1, 0.15) is 12.4 Å². The number of morpholine rings is 1. The molecule has 2 fully saturated rings. The molecule has 1 N–H and O–H groups in total. The van der Waals surface area contributed by atoms with Crippen molar-refractivity contribution in [3.8, 4) is 12.1 Å². The maximum atomic E-state index is 13.0. The van der Waals surface area contributed by atoms with Gasteiger partial charge in [-0.05, 0) is 31.1 Å². The number of piperazine rings is 1. The Balaban J connectivity index is 1.30. The summed E-state index contributed by atoms with van der Waals surface area (Å²) >= 11 is 0. The van der Waals surface area contributed by atoms with Crippen molar-refractivity contribution in [2.75, 3.05) is 64.0 Å². The van der Waals surface area contributed by atoms with Crippen LogP contribution in [0.25, 0.3) is 11.0 Å². The van der Waals surface area contributed by atoms with Crippen molar-refractivity contribution in [1.82, 2.24) is 29.3 Å². The summed E-state index contributed by atoms with van der Waals surface area (Å²) in [6.45, 7) is 9.53. The van der Waals surface area contributed by atoms with Crippen LogP contribution in [0.5, 0.6) is 6.01 Å². The van der Waals surface area contributed by atoms with Crippen LogP contribution in [0.2, 0.25) is 0 Å². The third-order valence-corrected chi connectivity index (χ3v) is 8.51. The minimum Gasteiger partial charge on any atom is -0.462 e. The molecule has 1 aliphatic carbocycles. The van der Waals surface area contributed by atoms with Gasteiger partial charge >= 0.3 is 11.7 Å². The summed E-state index contributed by atoms with van der Waals surface area (Å²) in [5.74, 6) is 0.624. The SMILES string of the molecule is C=CC(=O)N1CCN(c2nc(OCCN3CCOCC3)nc3c2CCC(n2c(=O)[nH]c4ccccc42)C3)C[C@@H]1CC#N. The van der Waals surface area contributed by atoms with E-state index in [2.05, 4.69) is 27.4 Å². The second-order valence-corrected chi connectivity index (χ2v) is 11.0. The molecule has 2 aliphatic heterocycles. The van der Waals surface area contributed by atoms with Gasteiger partial charge in [0.2, 0.25) is 5.91 Å². The summed E-state index contributed by atoms with van der Waals surface area (Å²) in [6, 6.07) is 9.95. The zero-order valence-electron chi connectivity index (χ0n) is 23.7. The second kappa shape index (κ2) is 12.3. The van der Waals surface area contributed by atoms with Crippen LogP contribution >= 0.6 is 0 Å². The monoisotopic (exact) mass is 572 g/mol. The number of anilines is 1. The molecular formula is C30H36N8O4. The van der Waals surface area contributed by atoms with Gasteiger partial charge in [-0.3, -0.25) is 14.3 Å². The van der Waals surface area contributed by atoms with Crippen molar-refractivity contribution >= 4 is 22.8 Å². The van der Waals surface area contributed by atoms with Gasteiger partial charge in [0.05, 0.1) is 48.5 Å². The number of hydrogen-bond donors (Lipinski definition) is 1. The summed E-state index contributed by atoms with van der Waals surface area (Å²) in [5.41, 5.74) is 3.49. The minimum absolute atomic E-state index is 0.0569. The second-order valence-electron chi connectivity index (χ2n) is 11.0. The number of carbonyl (C=O) groups is 1. The number of ether oxygens (including phenoxy) is 2. The van der Waals surface area contributed by atoms with Crippen LogP contribution in [0.1, 0.15) is 30.1 Å². The van der Waals surface area contributed by atoms with Crippen LogP contribution in [0.15, 0.2) is 41.7 Å². The maximum absolute atomic E-state index is 13.0. The van der Waals surface area contributed by atoms with Crippen LogP contribution in [-0.4, -0.2) is 100 Å². The van der Waals surface area contributed by atoms with Crippen LogP contribution in [-0.2, 0) is 22.4 Å². The van der Waals surface area contributed by atoms with Gasteiger partial charge in [-0.2, -0.15) is 15.2 Å². The number of para-hydroxylation sites is 2. The number of benzene rings is 1. The number of nitriles is 1. The van der Waals surface area contributed by atoms with E-state index < -0.39 is 0 Å². The lowest BCUT2D eigenvalue weighted by atomic mass is 9.91. The van der Waals surface area contributed by atoms with E-state index in [0.717, 1.165) is 67.4 Å². The molecule has 42 heavy (non-hydrogen) atoms. The fourth-order valence-corrected chi connectivity index (χ4v) is 6.37. The Kier molecular flexibility index (Phi) is 8.21. The van der Waals surface area contributed by atoms with Gasteiger partial charge < -0.3 is 24.3 Å². The van der Waals surface area contributed by atoms with Crippen molar-refractivity contribution in [2.45, 2.75) is 37.8 Å². The van der Waals surface area contributed by atoms with E-state index in [-0.39, 0.29) is 30.1 Å². The van der Waals surface area contributed by atoms with Crippen molar-refractivity contribution < 1.29 is 14.3 Å². The summed E-state index contributed by atoms with van der Waals surface area (Å²) in [4.78, 5) is 44.4. The predicted molar refractivity (Wildman–Crippen MR) is 157 cm³/mol. The molecule has 220 valence electrons. The van der Waals surface area contributed by atoms with Crippen molar-refractivity contribution in [3.05, 3.63) is 58.7 Å². The average molecular weight is 573 g/mol. The molecule has 3 aromatic rings. The van der Waals surface area contributed by atoms with Gasteiger partial charge in [0.15, 0.2) is 0 Å². The number of rotatable bonds is 8. The van der Waals surface area contributed by atoms with E-state index in [1.807, 2.05) is 28.8 Å². The number of imidazole rings is 1. The highest BCUT2D eigenvalue weighted by atomic mass is 16.5. The van der Waals surface area contributed by atoms with Gasteiger partial charge in [-0.25, -0.2) is 4.79 Å². The molecule has 0 radical (unpaired) electrons. The van der Waals surface area contributed by atoms with E-state index in [0.29, 0.717) is 45.1 Å². The molecule has 1 amide bonds. The molecule has 2 aromatic heterocycles. The predicted octanol–water partition coefficient (Wildman–Crippen LogP) is 1.68. The highest BCUT2D eigenvalue weighted by Gasteiger charge is 2.34. The molecule has 0 bridgehead atoms. The zero-order valence-corrected chi connectivity index (χ0v) is 23.7. The molecule has 12 heteroatoms. The Hall–Kier alpha value is -4.21. The standard InChI is InChI=1S/C30H36N8O4/c1-2-27(39)37-12-11-36(20-22(37)9-10-31)28-23-8-7-21(38-26-6-4-3-5-24(26)33-30(38)40)19-25(23)32-29(34-28)42-18-15-35-13-16-41-17-14-35/h2-6,21-22H,1,7-9,11-20H2,(H,33,40)/t21?,22-/m0/s1. The lowest BCUT2D eigenvalue weighted by molar-refractivity contribution is -0.128. The summed E-state index contributed by atoms with van der Waals surface area (Å²) < 4.78 is 13.4. The highest BCUT2D eigenvalue weighted by molar-refractivity contribution is 5.87. The Morgan fingerprint density at radius 1 is 1.21 bits per heavy atom. The zero-order chi connectivity index (χ0) is 29.1. The van der Waals surface area contributed by atoms with Gasteiger partial charge in [-0.1, -0.05) is 18.7 Å². The summed E-state index contributed by atoms with van der Waals surface area (Å²) in [6.07, 6.45) is 3.56. The topological polar surface area (TPSA) is 133 Å². The molecule has 0 spiro atoms. The lowest BCUT2D eigenvalue weighted by Gasteiger charge is -2.42. The summed E-state index contributed by atoms with van der Waals surface area (Å²) in [5, 5.41) is 9.49. The molecule has 4 heterocycles. The normalized spacial score (nSPS) is 21.1. The third-order valence-electron chi connectivity index (χ3n) is 8.51. The van der Waals surface area contributed by atoms with E-state index in [1.165, 1.54) is 6.08 Å². The molecule has 2 saturated heterocycles. The number of aromatic nitrogens is 4. The first-order valence-electron chi connectivity index (χ1n) is 14.6. The van der Waals surface area contributed by atoms with E-state index in [4.69, 9.17) is 19.4 Å². The quantitative estimate of drug-likeness (QED) is 0.400. The number of nitrogens with zero attached hydrogens (tertiary/aromatic N) is 7. The first kappa shape index (κ1) is 27.9. The van der Waals surface area contributed by atoms with Crippen LogP contribution in [0.3, 0.4) is 0 Å². The van der Waals surface area contributed by atoms with E-state index >= 15 is 0 Å². The van der Waals surface area contributed by atoms with Crippen LogP contribution in [0, 0.1) is 11.3 Å². The lowest BCUT2D eigenvalue weighted by Crippen LogP contribution is -2.55. The van der Waals surface area contributed by atoms with Crippen molar-refractivity contribution in [1.29, 1.82) is 5.26 Å². The number of H-pyrrole nitrogens is 1. The Bertz CT molecular complexity index is 1550. The Labute approximate surface area is 244 Å². The Morgan fingerprint density at radius 3 is 2.86 bits per heavy atom. The molecular weight excluding hydrogens is 536 g/mol. The molecule has 1 aromatic carbocycles. The smallest absolute Gasteiger partial charge is 0.326 e. The van der Waals surface area contributed by atoms with Gasteiger partial charge in [0, 0.05) is 57.3 Å². The number of hydrogen-bond acceptors (Lipinski definition) is 9. The molecule has 6 rings (SSSR count). The Morgan fingerprint density at radius 2 is 2.05 bits per heavy atom. The largest absolute Gasteiger partial charge is 0.462 e. The summed E-state index contributed by atoms with van der Waals surface area (Å²) in [7, 11) is 0. The van der Waals surface area contributed by atoms with Crippen LogP contribution < -0.4 is 15.3 Å². The fraction of sp³-hybridized carbons (Fsp3) is 0.500. The average Bonchev–Trinajstić information content (AvgIpc) is 3.36. The first-order chi connectivity index (χ1) is 20.6. The molecule has 3 aliphatic rings. The fourth-order valence-electron chi connectivity index (χ4n) is 6.37. The van der Waals surface area contributed by atoms with E-state index in [1.54, 1.807) is 4.90 Å². The van der Waals surface area contributed by atoms with Crippen molar-refractivity contribution in [2.24, 2.45) is 0 Å². The minimum atomic E-state index is -0.272. The number of nitrogens with one attached hydrogen (secondary N) is 1. The number of amides is 1. The molecule has 2 atom stereocenters. The molecule has 0 saturated carbocycles. The van der Waals surface area contributed by atoms with E-state index in [9.17, 15) is 14.9 Å². The molecule has 12 nitrogen and oxygen atoms in total. The number of carbonyl (C=O) groups excluding carboxylic acids is 1. The number of aromatic amines is 1. The first-order valence-corrected chi connectivity index (χ1v) is 14.6. The third kappa shape index (κ3) is 5.62. The van der Waals surface area contributed by atoms with Crippen LogP contribution in [0.4, 0.5) is 5.82 Å². The van der Waals surface area contributed by atoms with Gasteiger partial charge in [-0.15, -0.1) is 0 Å². The number of fused-ring (bicyclic) bond motifs is 2. The highest BCUT2D eigenvalue weighted by Crippen LogP contribution is 2.35. The maximum Gasteiger partial charge on any atom is 0.326 e. The molecule has 1 unspecified atom stereocenters. The van der Waals surface area contributed by atoms with Gasteiger partial charge in [0.25, 0.3) is 0 Å².